The van der Waals surface area contributed by atoms with E-state index in [4.69, 9.17) is 21.1 Å². The van der Waals surface area contributed by atoms with E-state index in [0.717, 1.165) is 67.7 Å². The van der Waals surface area contributed by atoms with Crippen molar-refractivity contribution in [3.05, 3.63) is 40.9 Å². The Morgan fingerprint density at radius 2 is 2.00 bits per heavy atom. The molecule has 7 heteroatoms. The first-order chi connectivity index (χ1) is 12.7. The maximum atomic E-state index is 6.31. The molecular weight excluding hydrogens is 477 g/mol. The second-order valence-corrected chi connectivity index (χ2v) is 7.38. The molecule has 1 aliphatic carbocycles. The van der Waals surface area contributed by atoms with E-state index in [0.29, 0.717) is 6.04 Å². The van der Waals surface area contributed by atoms with Crippen molar-refractivity contribution in [1.29, 1.82) is 0 Å². The predicted molar refractivity (Wildman–Crippen MR) is 122 cm³/mol. The molecule has 0 atom stereocenters. The van der Waals surface area contributed by atoms with Crippen molar-refractivity contribution >= 4 is 41.5 Å². The lowest BCUT2D eigenvalue weighted by atomic mass is 9.73. The number of halogens is 2. The highest BCUT2D eigenvalue weighted by atomic mass is 127. The fourth-order valence-corrected chi connectivity index (χ4v) is 3.95. The number of aliphatic imine (C=N–C) groups is 1. The van der Waals surface area contributed by atoms with Crippen LogP contribution in [0, 0.1) is 0 Å². The summed E-state index contributed by atoms with van der Waals surface area (Å²) >= 11 is 6.31. The minimum absolute atomic E-state index is 0. The number of ether oxygens (including phenoxy) is 2. The minimum Gasteiger partial charge on any atom is -0.496 e. The Bertz CT molecular complexity index is 667. The standard InChI is InChI=1S/C20H28ClN3O2.HI/c1-22-19(24-16-5-3-4-6-16)23-14-20(9-11-26-12-10-20)17-13-15(21)7-8-18(17)25-2;/h3-4,7-8,13,16H,5-6,9-12,14H2,1-2H3,(H2,22,23,24);1H. The quantitative estimate of drug-likeness (QED) is 0.276. The Morgan fingerprint density at radius 3 is 2.63 bits per heavy atom. The molecule has 1 aromatic carbocycles. The smallest absolute Gasteiger partial charge is 0.191 e. The van der Waals surface area contributed by atoms with Crippen LogP contribution in [0.1, 0.15) is 31.2 Å². The van der Waals surface area contributed by atoms with E-state index in [9.17, 15) is 0 Å². The first-order valence-electron chi connectivity index (χ1n) is 9.21. The second kappa shape index (κ2) is 10.5. The van der Waals surface area contributed by atoms with Gasteiger partial charge in [0.05, 0.1) is 7.11 Å². The zero-order valence-corrected chi connectivity index (χ0v) is 19.1. The van der Waals surface area contributed by atoms with Gasteiger partial charge in [-0.2, -0.15) is 0 Å². The average Bonchev–Trinajstić information content (AvgIpc) is 3.19. The van der Waals surface area contributed by atoms with E-state index < -0.39 is 0 Å². The molecule has 2 N–H and O–H groups in total. The minimum atomic E-state index is -0.0972. The van der Waals surface area contributed by atoms with Gasteiger partial charge in [0, 0.05) is 48.8 Å². The molecule has 0 radical (unpaired) electrons. The normalized spacial score (nSPS) is 19.4. The first kappa shape index (κ1) is 22.3. The summed E-state index contributed by atoms with van der Waals surface area (Å²) in [7, 11) is 3.52. The summed E-state index contributed by atoms with van der Waals surface area (Å²) in [5.74, 6) is 1.71. The van der Waals surface area contributed by atoms with Gasteiger partial charge in [-0.25, -0.2) is 0 Å². The van der Waals surface area contributed by atoms with Crippen LogP contribution in [0.15, 0.2) is 35.3 Å². The lowest BCUT2D eigenvalue weighted by Gasteiger charge is -2.39. The average molecular weight is 506 g/mol. The summed E-state index contributed by atoms with van der Waals surface area (Å²) in [6.07, 6.45) is 8.34. The first-order valence-corrected chi connectivity index (χ1v) is 9.58. The van der Waals surface area contributed by atoms with E-state index in [1.165, 1.54) is 0 Å². The largest absolute Gasteiger partial charge is 0.496 e. The molecule has 0 aromatic heterocycles. The third-order valence-corrected chi connectivity index (χ3v) is 5.58. The van der Waals surface area contributed by atoms with Crippen molar-refractivity contribution in [3.8, 4) is 5.75 Å². The SMILES string of the molecule is CN=C(NCC1(c2cc(Cl)ccc2OC)CCOCC1)NC1CC=CC1.I. The molecule has 1 aliphatic heterocycles. The molecule has 1 fully saturated rings. The summed E-state index contributed by atoms with van der Waals surface area (Å²) in [6, 6.07) is 6.28. The van der Waals surface area contributed by atoms with Gasteiger partial charge in [0.2, 0.25) is 0 Å². The highest BCUT2D eigenvalue weighted by Crippen LogP contribution is 2.40. The molecule has 2 aliphatic rings. The molecule has 1 heterocycles. The van der Waals surface area contributed by atoms with Crippen LogP contribution in [0.3, 0.4) is 0 Å². The predicted octanol–water partition coefficient (Wildman–Crippen LogP) is 3.90. The van der Waals surface area contributed by atoms with Crippen molar-refractivity contribution in [2.24, 2.45) is 4.99 Å². The highest BCUT2D eigenvalue weighted by molar-refractivity contribution is 14.0. The topological polar surface area (TPSA) is 54.9 Å². The van der Waals surface area contributed by atoms with Gasteiger partial charge in [-0.15, -0.1) is 24.0 Å². The molecule has 5 nitrogen and oxygen atoms in total. The Kier molecular flexibility index (Phi) is 8.69. The van der Waals surface area contributed by atoms with Crippen LogP contribution in [0.25, 0.3) is 0 Å². The zero-order valence-electron chi connectivity index (χ0n) is 16.0. The molecule has 1 aromatic rings. The van der Waals surface area contributed by atoms with Crippen LogP contribution in [-0.2, 0) is 10.2 Å². The molecule has 3 rings (SSSR count). The summed E-state index contributed by atoms with van der Waals surface area (Å²) in [5.41, 5.74) is 1.04. The summed E-state index contributed by atoms with van der Waals surface area (Å²) in [5, 5.41) is 7.76. The number of hydrogen-bond donors (Lipinski definition) is 2. The summed E-state index contributed by atoms with van der Waals surface area (Å²) < 4.78 is 11.3. The fourth-order valence-electron chi connectivity index (χ4n) is 3.77. The number of nitrogens with one attached hydrogen (secondary N) is 2. The number of guanidine groups is 1. The second-order valence-electron chi connectivity index (χ2n) is 6.95. The van der Waals surface area contributed by atoms with Gasteiger partial charge >= 0.3 is 0 Å². The van der Waals surface area contributed by atoms with Crippen LogP contribution in [0.4, 0.5) is 0 Å². The lowest BCUT2D eigenvalue weighted by molar-refractivity contribution is 0.0505. The Hall–Kier alpha value is -0.990. The van der Waals surface area contributed by atoms with E-state index in [2.05, 4.69) is 27.8 Å². The van der Waals surface area contributed by atoms with Gasteiger partial charge in [0.25, 0.3) is 0 Å². The molecule has 0 unspecified atom stereocenters. The zero-order chi connectivity index (χ0) is 18.4. The number of nitrogens with zero attached hydrogens (tertiary/aromatic N) is 1. The number of methoxy groups -OCH3 is 1. The molecule has 27 heavy (non-hydrogen) atoms. The fraction of sp³-hybridized carbons (Fsp3) is 0.550. The van der Waals surface area contributed by atoms with E-state index in [1.54, 1.807) is 7.11 Å². The number of hydrogen-bond acceptors (Lipinski definition) is 3. The van der Waals surface area contributed by atoms with E-state index in [1.807, 2.05) is 25.2 Å². The third-order valence-electron chi connectivity index (χ3n) is 5.35. The van der Waals surface area contributed by atoms with Crippen molar-refractivity contribution < 1.29 is 9.47 Å². The lowest BCUT2D eigenvalue weighted by Crippen LogP contribution is -2.49. The van der Waals surface area contributed by atoms with Crippen LogP contribution >= 0.6 is 35.6 Å². The Morgan fingerprint density at radius 1 is 1.30 bits per heavy atom. The van der Waals surface area contributed by atoms with Crippen LogP contribution < -0.4 is 15.4 Å². The number of rotatable bonds is 5. The summed E-state index contributed by atoms with van der Waals surface area (Å²) in [6.45, 7) is 2.22. The van der Waals surface area contributed by atoms with Crippen LogP contribution in [0.2, 0.25) is 5.02 Å². The van der Waals surface area contributed by atoms with E-state index in [-0.39, 0.29) is 29.4 Å². The monoisotopic (exact) mass is 505 g/mol. The van der Waals surface area contributed by atoms with Crippen molar-refractivity contribution in [2.75, 3.05) is 33.9 Å². The van der Waals surface area contributed by atoms with Gasteiger partial charge in [0.1, 0.15) is 5.75 Å². The van der Waals surface area contributed by atoms with Crippen LogP contribution in [-0.4, -0.2) is 45.9 Å². The maximum absolute atomic E-state index is 6.31. The Balaban J connectivity index is 0.00000261. The third kappa shape index (κ3) is 5.51. The molecule has 0 saturated carbocycles. The Labute approximate surface area is 184 Å². The van der Waals surface area contributed by atoms with Crippen molar-refractivity contribution in [1.82, 2.24) is 10.6 Å². The van der Waals surface area contributed by atoms with Crippen molar-refractivity contribution in [2.45, 2.75) is 37.1 Å². The van der Waals surface area contributed by atoms with Gasteiger partial charge in [-0.3, -0.25) is 4.99 Å². The van der Waals surface area contributed by atoms with Crippen LogP contribution in [0.5, 0.6) is 5.75 Å². The van der Waals surface area contributed by atoms with Gasteiger partial charge < -0.3 is 20.1 Å². The van der Waals surface area contributed by atoms with Gasteiger partial charge in [-0.1, -0.05) is 23.8 Å². The molecule has 0 bridgehead atoms. The summed E-state index contributed by atoms with van der Waals surface area (Å²) in [4.78, 5) is 4.40. The van der Waals surface area contributed by atoms with Gasteiger partial charge in [0.15, 0.2) is 5.96 Å². The molecule has 150 valence electrons. The van der Waals surface area contributed by atoms with Gasteiger partial charge in [-0.05, 0) is 43.9 Å². The molecule has 1 saturated heterocycles. The number of benzene rings is 1. The molecular formula is C20H29ClIN3O2. The van der Waals surface area contributed by atoms with E-state index >= 15 is 0 Å². The van der Waals surface area contributed by atoms with Crippen molar-refractivity contribution in [3.63, 3.8) is 0 Å². The maximum Gasteiger partial charge on any atom is 0.191 e. The molecule has 0 amide bonds. The highest BCUT2D eigenvalue weighted by Gasteiger charge is 2.37. The molecule has 0 spiro atoms.